The van der Waals surface area contributed by atoms with E-state index < -0.39 is 18.3 Å². The largest absolute Gasteiger partial charge is 0.525 e. The molecule has 0 aromatic heterocycles. The fraction of sp³-hybridized carbons (Fsp3) is 0.529. The van der Waals surface area contributed by atoms with E-state index in [-0.39, 0.29) is 5.73 Å². The molecule has 3 nitrogen and oxygen atoms in total. The number of rotatable bonds is 1. The summed E-state index contributed by atoms with van der Waals surface area (Å²) >= 11 is 0. The molecule has 22 heavy (non-hydrogen) atoms. The first-order valence-corrected chi connectivity index (χ1v) is 7.77. The number of aryl methyl sites for hydroxylation is 1. The van der Waals surface area contributed by atoms with Crippen molar-refractivity contribution in [1.29, 1.82) is 0 Å². The van der Waals surface area contributed by atoms with Gasteiger partial charge in [-0.25, -0.2) is 4.39 Å². The molecule has 0 spiro atoms. The highest BCUT2D eigenvalue weighted by Gasteiger charge is 2.53. The summed E-state index contributed by atoms with van der Waals surface area (Å²) in [4.78, 5) is 0. The maximum Gasteiger partial charge on any atom is 0.525 e. The summed E-state index contributed by atoms with van der Waals surface area (Å²) in [6.45, 7) is 11.0. The average molecular weight is 303 g/mol. The van der Waals surface area contributed by atoms with Gasteiger partial charge in [-0.15, -0.1) is 0 Å². The summed E-state index contributed by atoms with van der Waals surface area (Å²) in [5, 5.41) is 3.27. The highest BCUT2D eigenvalue weighted by Crippen LogP contribution is 2.40. The molecular weight excluding hydrogens is 280 g/mol. The molecule has 1 fully saturated rings. The molecule has 0 amide bonds. The first-order valence-electron chi connectivity index (χ1n) is 7.77. The number of hydrogen-bond acceptors (Lipinski definition) is 3. The molecule has 2 aliphatic heterocycles. The van der Waals surface area contributed by atoms with Gasteiger partial charge < -0.3 is 14.6 Å². The predicted molar refractivity (Wildman–Crippen MR) is 87.0 cm³/mol. The van der Waals surface area contributed by atoms with E-state index in [1.165, 1.54) is 5.56 Å². The molecule has 0 radical (unpaired) electrons. The summed E-state index contributed by atoms with van der Waals surface area (Å²) in [5.41, 5.74) is 2.53. The first-order chi connectivity index (χ1) is 10.2. The van der Waals surface area contributed by atoms with E-state index in [9.17, 15) is 0 Å². The molecular formula is C17H23BFNO2. The third-order valence-corrected chi connectivity index (χ3v) is 5.09. The molecule has 2 aliphatic rings. The fourth-order valence-electron chi connectivity index (χ4n) is 2.93. The number of fused-ring (bicyclic) bond motifs is 1. The number of benzene rings is 1. The van der Waals surface area contributed by atoms with Gasteiger partial charge in [-0.05, 0) is 51.3 Å². The highest BCUT2D eigenvalue weighted by molar-refractivity contribution is 6.55. The second kappa shape index (κ2) is 5.19. The molecule has 0 aliphatic carbocycles. The van der Waals surface area contributed by atoms with Crippen molar-refractivity contribution < 1.29 is 13.7 Å². The molecule has 1 aromatic rings. The summed E-state index contributed by atoms with van der Waals surface area (Å²) in [6.07, 6.45) is 0. The first kappa shape index (κ1) is 15.7. The van der Waals surface area contributed by atoms with Gasteiger partial charge in [0.25, 0.3) is 0 Å². The van der Waals surface area contributed by atoms with Crippen LogP contribution >= 0.6 is 0 Å². The summed E-state index contributed by atoms with van der Waals surface area (Å²) in [5.74, 6) is 0. The van der Waals surface area contributed by atoms with E-state index in [2.05, 4.69) is 18.3 Å². The summed E-state index contributed by atoms with van der Waals surface area (Å²) in [6, 6.07) is 6.00. The smallest absolute Gasteiger partial charge is 0.398 e. The van der Waals surface area contributed by atoms with Crippen molar-refractivity contribution in [3.63, 3.8) is 0 Å². The van der Waals surface area contributed by atoms with Crippen molar-refractivity contribution in [1.82, 2.24) is 5.32 Å². The molecule has 3 rings (SSSR count). The normalized spacial score (nSPS) is 25.1. The van der Waals surface area contributed by atoms with Crippen LogP contribution in [0.25, 0.3) is 5.57 Å². The van der Waals surface area contributed by atoms with Crippen LogP contribution in [0.2, 0.25) is 0 Å². The Morgan fingerprint density at radius 3 is 2.41 bits per heavy atom. The second-order valence-electron chi connectivity index (χ2n) is 7.12. The van der Waals surface area contributed by atoms with Gasteiger partial charge in [-0.2, -0.15) is 0 Å². The second-order valence-corrected chi connectivity index (χ2v) is 7.12. The Bertz CT molecular complexity index is 624. The maximum atomic E-state index is 15.1. The lowest BCUT2D eigenvalue weighted by molar-refractivity contribution is 0.00578. The van der Waals surface area contributed by atoms with E-state index in [4.69, 9.17) is 9.31 Å². The van der Waals surface area contributed by atoms with Crippen LogP contribution in [0.4, 0.5) is 4.39 Å². The molecule has 0 atom stereocenters. The van der Waals surface area contributed by atoms with E-state index >= 15 is 4.39 Å². The van der Waals surface area contributed by atoms with E-state index in [0.29, 0.717) is 12.1 Å². The van der Waals surface area contributed by atoms with Crippen molar-refractivity contribution in [3.8, 4) is 0 Å². The van der Waals surface area contributed by atoms with Crippen molar-refractivity contribution >= 4 is 12.7 Å². The van der Waals surface area contributed by atoms with Gasteiger partial charge in [0.15, 0.2) is 0 Å². The zero-order valence-electron chi connectivity index (χ0n) is 13.9. The predicted octanol–water partition coefficient (Wildman–Crippen LogP) is 3.41. The number of nitrogens with one attached hydrogen (secondary N) is 1. The minimum absolute atomic E-state index is 0.322. The minimum Gasteiger partial charge on any atom is -0.398 e. The molecule has 1 N–H and O–H groups in total. The van der Waals surface area contributed by atoms with Crippen LogP contribution in [0.15, 0.2) is 23.9 Å². The fourth-order valence-corrected chi connectivity index (χ4v) is 2.93. The maximum absolute atomic E-state index is 15.1. The van der Waals surface area contributed by atoms with Crippen LogP contribution < -0.4 is 5.32 Å². The summed E-state index contributed by atoms with van der Waals surface area (Å²) < 4.78 is 26.8. The van der Waals surface area contributed by atoms with Crippen LogP contribution in [-0.2, 0) is 15.9 Å². The van der Waals surface area contributed by atoms with Crippen LogP contribution in [-0.4, -0.2) is 24.9 Å². The Morgan fingerprint density at radius 1 is 1.14 bits per heavy atom. The lowest BCUT2D eigenvalue weighted by Gasteiger charge is -2.32. The third kappa shape index (κ3) is 2.41. The number of halogens is 1. The molecule has 118 valence electrons. The van der Waals surface area contributed by atoms with Crippen LogP contribution in [0.1, 0.15) is 44.4 Å². The SMILES string of the molecule is Cc1cccc2c1CNCC2=C(F)B1OC(C)(C)C(C)(C)O1. The van der Waals surface area contributed by atoms with Gasteiger partial charge in [0.05, 0.1) is 11.2 Å². The van der Waals surface area contributed by atoms with Gasteiger partial charge in [-0.1, -0.05) is 18.2 Å². The third-order valence-electron chi connectivity index (χ3n) is 5.09. The van der Waals surface area contributed by atoms with Gasteiger partial charge >= 0.3 is 7.12 Å². The lowest BCUT2D eigenvalue weighted by atomic mass is 9.80. The molecule has 2 heterocycles. The van der Waals surface area contributed by atoms with E-state index in [1.807, 2.05) is 39.8 Å². The quantitative estimate of drug-likeness (QED) is 0.807. The van der Waals surface area contributed by atoms with Gasteiger partial charge in [0.1, 0.15) is 5.73 Å². The number of hydrogen-bond donors (Lipinski definition) is 1. The Labute approximate surface area is 132 Å². The average Bonchev–Trinajstić information content (AvgIpc) is 2.67. The molecule has 5 heteroatoms. The molecule has 0 saturated carbocycles. The Balaban J connectivity index is 2.01. The molecule has 0 unspecified atom stereocenters. The van der Waals surface area contributed by atoms with Crippen LogP contribution in [0, 0.1) is 6.92 Å². The molecule has 1 saturated heterocycles. The van der Waals surface area contributed by atoms with Gasteiger partial charge in [0.2, 0.25) is 0 Å². The van der Waals surface area contributed by atoms with Crippen molar-refractivity contribution in [2.45, 2.75) is 52.4 Å². The van der Waals surface area contributed by atoms with Gasteiger partial charge in [-0.3, -0.25) is 0 Å². The van der Waals surface area contributed by atoms with E-state index in [0.717, 1.165) is 17.7 Å². The Morgan fingerprint density at radius 2 is 1.77 bits per heavy atom. The standard InChI is InChI=1S/C17H23BFNO2/c1-11-7-6-8-12-13(11)9-20-10-14(12)15(19)18-21-16(2,3)17(4,5)22-18/h6-8,20H,9-10H2,1-5H3. The lowest BCUT2D eigenvalue weighted by Crippen LogP contribution is -2.41. The van der Waals surface area contributed by atoms with Crippen LogP contribution in [0.3, 0.4) is 0 Å². The van der Waals surface area contributed by atoms with Crippen molar-refractivity contribution in [3.05, 3.63) is 40.6 Å². The Hall–Kier alpha value is -1.17. The topological polar surface area (TPSA) is 30.5 Å². The zero-order chi connectivity index (χ0) is 16.1. The van der Waals surface area contributed by atoms with Crippen molar-refractivity contribution in [2.24, 2.45) is 0 Å². The monoisotopic (exact) mass is 303 g/mol. The van der Waals surface area contributed by atoms with Crippen molar-refractivity contribution in [2.75, 3.05) is 6.54 Å². The molecule has 1 aromatic carbocycles. The summed E-state index contributed by atoms with van der Waals surface area (Å²) in [7, 11) is -0.937. The van der Waals surface area contributed by atoms with Crippen LogP contribution in [0.5, 0.6) is 0 Å². The zero-order valence-corrected chi connectivity index (χ0v) is 13.9. The highest BCUT2D eigenvalue weighted by atomic mass is 19.1. The van der Waals surface area contributed by atoms with E-state index in [1.54, 1.807) is 0 Å². The minimum atomic E-state index is -0.937. The van der Waals surface area contributed by atoms with Gasteiger partial charge in [0, 0.05) is 18.7 Å². The molecule has 0 bridgehead atoms. The Kier molecular flexibility index (Phi) is 3.71.